The average Bonchev–Trinajstić information content (AvgIpc) is 2.57. The summed E-state index contributed by atoms with van der Waals surface area (Å²) in [6.45, 7) is 44.9. The molecule has 0 amide bonds. The molecule has 0 aromatic carbocycles. The van der Waals surface area contributed by atoms with Gasteiger partial charge in [-0.05, 0) is 126 Å². The van der Waals surface area contributed by atoms with Crippen LogP contribution in [0.25, 0.3) is 0 Å². The van der Waals surface area contributed by atoms with Gasteiger partial charge in [0.1, 0.15) is 0 Å². The molecule has 1 rings (SSSR count). The number of rotatable bonds is 1. The molecule has 0 bridgehead atoms. The third-order valence-electron chi connectivity index (χ3n) is 8.53. The van der Waals surface area contributed by atoms with Gasteiger partial charge in [-0.15, -0.1) is 0 Å². The van der Waals surface area contributed by atoms with Gasteiger partial charge in [0.05, 0.1) is 0 Å². The fourth-order valence-electron chi connectivity index (χ4n) is 6.74. The summed E-state index contributed by atoms with van der Waals surface area (Å²) in [4.78, 5) is 4.88. The Morgan fingerprint density at radius 3 is 0.857 bits per heavy atom. The van der Waals surface area contributed by atoms with E-state index in [1.165, 1.54) is 32.1 Å². The highest BCUT2D eigenvalue weighted by atomic mass is 15.2. The monoisotopic (exact) mass is 497 g/mol. The fraction of sp³-hybridized carbons (Fsp3) is 1.00. The van der Waals surface area contributed by atoms with Gasteiger partial charge in [-0.25, -0.2) is 0 Å². The maximum absolute atomic E-state index is 2.50. The van der Waals surface area contributed by atoms with Crippen LogP contribution in [0.15, 0.2) is 0 Å². The Balaban J connectivity index is 0. The summed E-state index contributed by atoms with van der Waals surface area (Å²) in [6.07, 6.45) is 7.19. The van der Waals surface area contributed by atoms with E-state index in [9.17, 15) is 0 Å². The van der Waals surface area contributed by atoms with E-state index in [-0.39, 0.29) is 22.2 Å². The van der Waals surface area contributed by atoms with Crippen molar-refractivity contribution in [2.75, 3.05) is 13.6 Å². The largest absolute Gasteiger partial charge is 0.297 e. The van der Waals surface area contributed by atoms with Crippen molar-refractivity contribution in [2.24, 2.45) is 16.2 Å². The summed E-state index contributed by atoms with van der Waals surface area (Å²) in [6, 6.07) is 0. The Hall–Kier alpha value is -0.0800. The lowest BCUT2D eigenvalue weighted by Gasteiger charge is -2.56. The van der Waals surface area contributed by atoms with Crippen molar-refractivity contribution < 1.29 is 0 Å². The highest BCUT2D eigenvalue weighted by molar-refractivity contribution is 4.99. The van der Waals surface area contributed by atoms with E-state index in [1.807, 2.05) is 0 Å². The smallest absolute Gasteiger partial charge is 0.0130 e. The SMILES string of the molecule is CC(C)(C)C1(C(C)(C)C)CCCCC1.CCN(C(C)(C)C)C(C)(C)C.CN(C(C)(C)C)C(C)(C)C. The highest BCUT2D eigenvalue weighted by Crippen LogP contribution is 2.59. The van der Waals surface area contributed by atoms with E-state index >= 15 is 0 Å². The zero-order valence-corrected chi connectivity index (χ0v) is 28.6. The molecule has 1 aliphatic carbocycles. The van der Waals surface area contributed by atoms with E-state index in [2.05, 4.69) is 148 Å². The van der Waals surface area contributed by atoms with Crippen molar-refractivity contribution in [2.45, 2.75) is 186 Å². The van der Waals surface area contributed by atoms with Gasteiger partial charge in [0, 0.05) is 22.2 Å². The van der Waals surface area contributed by atoms with Crippen LogP contribution in [0.4, 0.5) is 0 Å². The normalized spacial score (nSPS) is 18.0. The van der Waals surface area contributed by atoms with Gasteiger partial charge < -0.3 is 0 Å². The first kappa shape index (κ1) is 37.1. The predicted octanol–water partition coefficient (Wildman–Crippen LogP) is 10.4. The van der Waals surface area contributed by atoms with Crippen LogP contribution >= 0.6 is 0 Å². The van der Waals surface area contributed by atoms with Crippen molar-refractivity contribution in [3.8, 4) is 0 Å². The van der Waals surface area contributed by atoms with Crippen molar-refractivity contribution in [3.05, 3.63) is 0 Å². The maximum Gasteiger partial charge on any atom is 0.0130 e. The molecule has 0 aromatic heterocycles. The van der Waals surface area contributed by atoms with Crippen molar-refractivity contribution in [1.82, 2.24) is 9.80 Å². The first-order valence-electron chi connectivity index (χ1n) is 14.6. The third-order valence-corrected chi connectivity index (χ3v) is 8.53. The van der Waals surface area contributed by atoms with Crippen LogP contribution in [-0.4, -0.2) is 45.5 Å². The summed E-state index contributed by atoms with van der Waals surface area (Å²) in [5.74, 6) is 0. The Kier molecular flexibility index (Phi) is 13.4. The van der Waals surface area contributed by atoms with E-state index in [0.717, 1.165) is 6.54 Å². The molecule has 1 fully saturated rings. The van der Waals surface area contributed by atoms with Crippen LogP contribution in [0.5, 0.6) is 0 Å². The minimum Gasteiger partial charge on any atom is -0.297 e. The molecular formula is C33H72N2. The quantitative estimate of drug-likeness (QED) is 0.356. The second-order valence-electron chi connectivity index (χ2n) is 17.1. The Bertz CT molecular complexity index is 524. The van der Waals surface area contributed by atoms with Gasteiger partial charge >= 0.3 is 0 Å². The van der Waals surface area contributed by atoms with E-state index < -0.39 is 0 Å². The molecule has 2 heteroatoms. The standard InChI is InChI=1S/C14H28.C10H23N.C9H21N/c1-12(2,3)14(13(4,5)6)10-8-7-9-11-14;1-8-11(9(2,3)4)10(5,6)7;1-8(2,3)10(7)9(4,5)6/h7-11H2,1-6H3;8H2,1-7H3;1-7H3. The zero-order chi connectivity index (χ0) is 28.9. The molecule has 0 radical (unpaired) electrons. The van der Waals surface area contributed by atoms with Crippen LogP contribution in [0, 0.1) is 16.2 Å². The van der Waals surface area contributed by atoms with Crippen LogP contribution in [0.1, 0.15) is 164 Å². The molecule has 1 aliphatic rings. The minimum absolute atomic E-state index is 0.276. The fourth-order valence-corrected chi connectivity index (χ4v) is 6.74. The molecule has 0 N–H and O–H groups in total. The summed E-state index contributed by atoms with van der Waals surface area (Å²) < 4.78 is 0. The van der Waals surface area contributed by atoms with Gasteiger partial charge in [0.2, 0.25) is 0 Å². The van der Waals surface area contributed by atoms with Gasteiger partial charge in [0.15, 0.2) is 0 Å². The molecule has 0 unspecified atom stereocenters. The molecule has 35 heavy (non-hydrogen) atoms. The van der Waals surface area contributed by atoms with Gasteiger partial charge in [0.25, 0.3) is 0 Å². The van der Waals surface area contributed by atoms with Gasteiger partial charge in [-0.2, -0.15) is 0 Å². The number of hydrogen-bond acceptors (Lipinski definition) is 2. The van der Waals surface area contributed by atoms with E-state index in [1.54, 1.807) is 0 Å². The molecule has 0 aliphatic heterocycles. The average molecular weight is 497 g/mol. The summed E-state index contributed by atoms with van der Waals surface area (Å²) in [7, 11) is 2.17. The summed E-state index contributed by atoms with van der Waals surface area (Å²) >= 11 is 0. The predicted molar refractivity (Wildman–Crippen MR) is 164 cm³/mol. The lowest BCUT2D eigenvalue weighted by atomic mass is 9.49. The van der Waals surface area contributed by atoms with Gasteiger partial charge in [-0.1, -0.05) is 67.7 Å². The summed E-state index contributed by atoms with van der Waals surface area (Å²) in [5, 5.41) is 0. The maximum atomic E-state index is 2.50. The molecular weight excluding hydrogens is 424 g/mol. The summed E-state index contributed by atoms with van der Waals surface area (Å²) in [5.41, 5.74) is 2.58. The number of hydrogen-bond donors (Lipinski definition) is 0. The van der Waals surface area contributed by atoms with E-state index in [0.29, 0.717) is 16.2 Å². The molecule has 2 nitrogen and oxygen atoms in total. The number of nitrogens with zero attached hydrogens (tertiary/aromatic N) is 2. The first-order valence-corrected chi connectivity index (χ1v) is 14.6. The van der Waals surface area contributed by atoms with Crippen molar-refractivity contribution in [3.63, 3.8) is 0 Å². The first-order chi connectivity index (χ1) is 15.1. The zero-order valence-electron chi connectivity index (χ0n) is 28.6. The minimum atomic E-state index is 0.276. The van der Waals surface area contributed by atoms with Crippen LogP contribution in [0.3, 0.4) is 0 Å². The third kappa shape index (κ3) is 11.9. The Morgan fingerprint density at radius 1 is 0.486 bits per heavy atom. The molecule has 0 spiro atoms. The topological polar surface area (TPSA) is 6.48 Å². The van der Waals surface area contributed by atoms with E-state index in [4.69, 9.17) is 0 Å². The van der Waals surface area contributed by atoms with Crippen LogP contribution in [-0.2, 0) is 0 Å². The van der Waals surface area contributed by atoms with Crippen molar-refractivity contribution >= 4 is 0 Å². The van der Waals surface area contributed by atoms with Crippen LogP contribution < -0.4 is 0 Å². The Morgan fingerprint density at radius 2 is 0.771 bits per heavy atom. The lowest BCUT2D eigenvalue weighted by molar-refractivity contribution is -0.0638. The molecule has 0 saturated heterocycles. The van der Waals surface area contributed by atoms with Gasteiger partial charge in [-0.3, -0.25) is 9.80 Å². The molecule has 0 aromatic rings. The van der Waals surface area contributed by atoms with Crippen molar-refractivity contribution in [1.29, 1.82) is 0 Å². The van der Waals surface area contributed by atoms with Crippen LogP contribution in [0.2, 0.25) is 0 Å². The molecule has 1 saturated carbocycles. The Labute approximate surface area is 225 Å². The highest BCUT2D eigenvalue weighted by Gasteiger charge is 2.50. The second-order valence-corrected chi connectivity index (χ2v) is 17.1. The molecule has 214 valence electrons. The lowest BCUT2D eigenvalue weighted by Crippen LogP contribution is -2.52. The molecule has 0 atom stereocenters. The molecule has 0 heterocycles. The second kappa shape index (κ2) is 12.6.